The topological polar surface area (TPSA) is 37.9 Å². The molecule has 0 spiro atoms. The quantitative estimate of drug-likeness (QED) is 0.459. The molecule has 0 aliphatic heterocycles. The molecule has 3 nitrogen and oxygen atoms in total. The SMILES string of the molecule is C=CCN=C(/C=C\C)c1cc(N=C(C)CC=C)c(C(=C)C)o1. The Bertz CT molecular complexity index is 642. The summed E-state index contributed by atoms with van der Waals surface area (Å²) in [5, 5.41) is 0. The van der Waals surface area contributed by atoms with Crippen LogP contribution in [-0.2, 0) is 0 Å². The second-order valence-corrected chi connectivity index (χ2v) is 4.96. The summed E-state index contributed by atoms with van der Waals surface area (Å²) in [6.45, 7) is 17.7. The van der Waals surface area contributed by atoms with Crippen LogP contribution < -0.4 is 0 Å². The number of allylic oxidation sites excluding steroid dienone is 4. The molecule has 1 rings (SSSR count). The van der Waals surface area contributed by atoms with E-state index in [9.17, 15) is 0 Å². The van der Waals surface area contributed by atoms with Crippen molar-refractivity contribution in [2.75, 3.05) is 6.54 Å². The minimum atomic E-state index is 0.539. The molecular formula is C19H24N2O. The minimum absolute atomic E-state index is 0.539. The van der Waals surface area contributed by atoms with Gasteiger partial charge < -0.3 is 4.42 Å². The van der Waals surface area contributed by atoms with E-state index in [4.69, 9.17) is 4.42 Å². The molecule has 0 radical (unpaired) electrons. The third-order valence-electron chi connectivity index (χ3n) is 2.82. The molecule has 0 aromatic carbocycles. The van der Waals surface area contributed by atoms with Crippen LogP contribution >= 0.6 is 0 Å². The van der Waals surface area contributed by atoms with Crippen molar-refractivity contribution in [1.82, 2.24) is 0 Å². The molecule has 1 aromatic rings. The highest BCUT2D eigenvalue weighted by Crippen LogP contribution is 2.30. The molecule has 0 aliphatic rings. The summed E-state index contributed by atoms with van der Waals surface area (Å²) in [7, 11) is 0. The standard InChI is InChI=1S/C19H24N2O/c1-7-10-15(6)21-17-13-18(22-19(17)14(4)5)16(11-8-2)20-12-9-3/h7-9,11,13H,1,3-4,10,12H2,2,5-6H3/b11-8-,20-16?,21-15?. The van der Waals surface area contributed by atoms with Crippen LogP contribution in [0, 0.1) is 0 Å². The van der Waals surface area contributed by atoms with Gasteiger partial charge in [-0.05, 0) is 32.4 Å². The highest BCUT2D eigenvalue weighted by atomic mass is 16.3. The zero-order valence-electron chi connectivity index (χ0n) is 13.7. The van der Waals surface area contributed by atoms with Crippen molar-refractivity contribution < 1.29 is 4.42 Å². The fraction of sp³-hybridized carbons (Fsp3) is 0.263. The van der Waals surface area contributed by atoms with Crippen molar-refractivity contribution in [2.24, 2.45) is 9.98 Å². The molecule has 3 heteroatoms. The van der Waals surface area contributed by atoms with Crippen LogP contribution in [0.3, 0.4) is 0 Å². The summed E-state index contributed by atoms with van der Waals surface area (Å²) in [5.41, 5.74) is 3.35. The zero-order chi connectivity index (χ0) is 16.5. The lowest BCUT2D eigenvalue weighted by atomic mass is 10.2. The molecule has 22 heavy (non-hydrogen) atoms. The maximum Gasteiger partial charge on any atom is 0.155 e. The summed E-state index contributed by atoms with van der Waals surface area (Å²) in [6, 6.07) is 1.90. The first kappa shape index (κ1) is 17.6. The lowest BCUT2D eigenvalue weighted by Crippen LogP contribution is -1.95. The highest BCUT2D eigenvalue weighted by molar-refractivity contribution is 6.07. The summed E-state index contributed by atoms with van der Waals surface area (Å²) in [5.74, 6) is 1.37. The van der Waals surface area contributed by atoms with Crippen molar-refractivity contribution in [3.05, 3.63) is 61.6 Å². The molecule has 0 saturated carbocycles. The van der Waals surface area contributed by atoms with Gasteiger partial charge in [0.15, 0.2) is 11.5 Å². The van der Waals surface area contributed by atoms with Crippen LogP contribution in [0.1, 0.15) is 38.7 Å². The molecule has 0 amide bonds. The van der Waals surface area contributed by atoms with Gasteiger partial charge in [0.05, 0.1) is 6.54 Å². The molecule has 0 unspecified atom stereocenters. The third-order valence-corrected chi connectivity index (χ3v) is 2.82. The Hall–Kier alpha value is -2.42. The third kappa shape index (κ3) is 4.85. The predicted octanol–water partition coefficient (Wildman–Crippen LogP) is 5.53. The Balaban J connectivity index is 3.33. The predicted molar refractivity (Wildman–Crippen MR) is 97.4 cm³/mol. The summed E-state index contributed by atoms with van der Waals surface area (Å²) >= 11 is 0. The van der Waals surface area contributed by atoms with E-state index < -0.39 is 0 Å². The summed E-state index contributed by atoms with van der Waals surface area (Å²) in [4.78, 5) is 9.06. The van der Waals surface area contributed by atoms with E-state index in [0.29, 0.717) is 18.1 Å². The number of furan rings is 1. The highest BCUT2D eigenvalue weighted by Gasteiger charge is 2.14. The van der Waals surface area contributed by atoms with Crippen molar-refractivity contribution in [3.8, 4) is 0 Å². The first-order chi connectivity index (χ1) is 10.5. The zero-order valence-corrected chi connectivity index (χ0v) is 13.7. The molecule has 0 fully saturated rings. The number of nitrogens with zero attached hydrogens (tertiary/aromatic N) is 2. The average Bonchev–Trinajstić information content (AvgIpc) is 2.87. The molecule has 1 aromatic heterocycles. The lowest BCUT2D eigenvalue weighted by Gasteiger charge is -1.98. The number of hydrogen-bond donors (Lipinski definition) is 0. The van der Waals surface area contributed by atoms with Crippen molar-refractivity contribution in [2.45, 2.75) is 27.2 Å². The maximum absolute atomic E-state index is 5.92. The van der Waals surface area contributed by atoms with Crippen LogP contribution in [0.2, 0.25) is 0 Å². The normalized spacial score (nSPS) is 12.7. The molecule has 0 atom stereocenters. The average molecular weight is 296 g/mol. The van der Waals surface area contributed by atoms with Crippen LogP contribution in [0.5, 0.6) is 0 Å². The fourth-order valence-corrected chi connectivity index (χ4v) is 1.89. The van der Waals surface area contributed by atoms with E-state index in [1.165, 1.54) is 0 Å². The van der Waals surface area contributed by atoms with Crippen molar-refractivity contribution >= 4 is 22.7 Å². The number of aliphatic imine (C=N–C) groups is 2. The first-order valence-corrected chi connectivity index (χ1v) is 7.26. The van der Waals surface area contributed by atoms with Gasteiger partial charge in [0.1, 0.15) is 11.4 Å². The van der Waals surface area contributed by atoms with Crippen molar-refractivity contribution in [3.63, 3.8) is 0 Å². The van der Waals surface area contributed by atoms with Gasteiger partial charge in [0, 0.05) is 18.2 Å². The van der Waals surface area contributed by atoms with E-state index in [1.807, 2.05) is 45.1 Å². The van der Waals surface area contributed by atoms with E-state index in [-0.39, 0.29) is 0 Å². The van der Waals surface area contributed by atoms with Gasteiger partial charge in [-0.25, -0.2) is 0 Å². The molecule has 1 heterocycles. The largest absolute Gasteiger partial charge is 0.452 e. The smallest absolute Gasteiger partial charge is 0.155 e. The summed E-state index contributed by atoms with van der Waals surface area (Å²) in [6.07, 6.45) is 8.16. The molecule has 0 bridgehead atoms. The fourth-order valence-electron chi connectivity index (χ4n) is 1.89. The van der Waals surface area contributed by atoms with Gasteiger partial charge in [-0.3, -0.25) is 9.98 Å². The molecule has 116 valence electrons. The molecule has 0 saturated heterocycles. The Kier molecular flexibility index (Phi) is 7.03. The van der Waals surface area contributed by atoms with E-state index in [2.05, 4.69) is 29.7 Å². The maximum atomic E-state index is 5.92. The van der Waals surface area contributed by atoms with Gasteiger partial charge in [0.2, 0.25) is 0 Å². The Labute approximate surface area is 133 Å². The van der Waals surface area contributed by atoms with Crippen LogP contribution in [0.15, 0.2) is 64.5 Å². The second kappa shape index (κ2) is 8.78. The monoisotopic (exact) mass is 296 g/mol. The molecular weight excluding hydrogens is 272 g/mol. The van der Waals surface area contributed by atoms with Gasteiger partial charge in [-0.15, -0.1) is 13.2 Å². The number of hydrogen-bond acceptors (Lipinski definition) is 3. The Morgan fingerprint density at radius 1 is 1.27 bits per heavy atom. The van der Waals surface area contributed by atoms with Crippen LogP contribution in [-0.4, -0.2) is 18.0 Å². The molecule has 0 N–H and O–H groups in total. The minimum Gasteiger partial charge on any atom is -0.452 e. The Morgan fingerprint density at radius 2 is 2.00 bits per heavy atom. The number of rotatable bonds is 8. The van der Waals surface area contributed by atoms with Crippen molar-refractivity contribution in [1.29, 1.82) is 0 Å². The van der Waals surface area contributed by atoms with E-state index in [0.717, 1.165) is 29.1 Å². The summed E-state index contributed by atoms with van der Waals surface area (Å²) < 4.78 is 5.92. The first-order valence-electron chi connectivity index (χ1n) is 7.26. The van der Waals surface area contributed by atoms with Gasteiger partial charge in [-0.1, -0.05) is 24.8 Å². The van der Waals surface area contributed by atoms with Gasteiger partial charge >= 0.3 is 0 Å². The second-order valence-electron chi connectivity index (χ2n) is 4.96. The van der Waals surface area contributed by atoms with Crippen LogP contribution in [0.4, 0.5) is 5.69 Å². The van der Waals surface area contributed by atoms with Crippen LogP contribution in [0.25, 0.3) is 5.57 Å². The Morgan fingerprint density at radius 3 is 2.55 bits per heavy atom. The van der Waals surface area contributed by atoms with Gasteiger partial charge in [0.25, 0.3) is 0 Å². The lowest BCUT2D eigenvalue weighted by molar-refractivity contribution is 0.545. The van der Waals surface area contributed by atoms with Gasteiger partial charge in [-0.2, -0.15) is 0 Å². The molecule has 0 aliphatic carbocycles. The van der Waals surface area contributed by atoms with E-state index >= 15 is 0 Å². The van der Waals surface area contributed by atoms with E-state index in [1.54, 1.807) is 6.08 Å².